The van der Waals surface area contributed by atoms with Crippen LogP contribution < -0.4 is 9.47 Å². The Balaban J connectivity index is 1.83. The zero-order valence-electron chi connectivity index (χ0n) is 9.53. The van der Waals surface area contributed by atoms with E-state index >= 15 is 0 Å². The molecule has 0 bridgehead atoms. The molecule has 1 aromatic heterocycles. The second kappa shape index (κ2) is 3.39. The Kier molecular flexibility index (Phi) is 1.86. The zero-order valence-corrected chi connectivity index (χ0v) is 9.53. The van der Waals surface area contributed by atoms with Crippen molar-refractivity contribution in [1.29, 1.82) is 0 Å². The molecule has 0 saturated heterocycles. The fraction of sp³-hybridized carbons (Fsp3) is 0.462. The summed E-state index contributed by atoms with van der Waals surface area (Å²) in [5.74, 6) is 3.39. The highest BCUT2D eigenvalue weighted by Crippen LogP contribution is 2.38. The number of aromatic amines is 1. The third-order valence-electron chi connectivity index (χ3n) is 3.66. The maximum atomic E-state index is 5.57. The molecule has 1 fully saturated rings. The number of rotatable bonds is 1. The SMILES string of the molecule is c1c2c(cc3[nH]c(C4CCC4)nc13)OCCO2. The first kappa shape index (κ1) is 9.33. The molecule has 0 atom stereocenters. The number of imidazole rings is 1. The summed E-state index contributed by atoms with van der Waals surface area (Å²) >= 11 is 0. The van der Waals surface area contributed by atoms with Gasteiger partial charge in [0.25, 0.3) is 0 Å². The van der Waals surface area contributed by atoms with Crippen molar-refractivity contribution in [3.8, 4) is 11.5 Å². The van der Waals surface area contributed by atoms with Crippen LogP contribution in [-0.2, 0) is 0 Å². The first-order chi connectivity index (χ1) is 8.40. The number of hydrogen-bond donors (Lipinski definition) is 1. The number of benzene rings is 1. The molecule has 1 aromatic carbocycles. The average Bonchev–Trinajstić information content (AvgIpc) is 2.65. The summed E-state index contributed by atoms with van der Waals surface area (Å²) in [6, 6.07) is 3.97. The molecule has 0 spiro atoms. The van der Waals surface area contributed by atoms with Gasteiger partial charge in [-0.2, -0.15) is 0 Å². The summed E-state index contributed by atoms with van der Waals surface area (Å²) in [5, 5.41) is 0. The first-order valence-electron chi connectivity index (χ1n) is 6.19. The standard InChI is InChI=1S/C13H14N2O2/c1-2-8(3-1)13-14-9-6-11-12(7-10(9)15-13)17-5-4-16-11/h6-8H,1-5H2,(H,14,15). The minimum Gasteiger partial charge on any atom is -0.486 e. The summed E-state index contributed by atoms with van der Waals surface area (Å²) in [6.45, 7) is 1.25. The fourth-order valence-electron chi connectivity index (χ4n) is 2.44. The normalized spacial score (nSPS) is 19.3. The highest BCUT2D eigenvalue weighted by atomic mass is 16.6. The van der Waals surface area contributed by atoms with Gasteiger partial charge < -0.3 is 14.5 Å². The van der Waals surface area contributed by atoms with Crippen molar-refractivity contribution in [2.75, 3.05) is 13.2 Å². The molecule has 4 heteroatoms. The van der Waals surface area contributed by atoms with Gasteiger partial charge in [0.15, 0.2) is 11.5 Å². The Morgan fingerprint density at radius 2 is 1.88 bits per heavy atom. The third-order valence-corrected chi connectivity index (χ3v) is 3.66. The molecule has 0 amide bonds. The van der Waals surface area contributed by atoms with Gasteiger partial charge >= 0.3 is 0 Å². The summed E-state index contributed by atoms with van der Waals surface area (Å²) in [7, 11) is 0. The Morgan fingerprint density at radius 3 is 2.59 bits per heavy atom. The molecule has 88 valence electrons. The Bertz CT molecular complexity index is 529. The van der Waals surface area contributed by atoms with Crippen molar-refractivity contribution in [2.45, 2.75) is 25.2 Å². The van der Waals surface area contributed by atoms with Gasteiger partial charge in [0.1, 0.15) is 19.0 Å². The maximum absolute atomic E-state index is 5.57. The minimum absolute atomic E-state index is 0.623. The summed E-state index contributed by atoms with van der Waals surface area (Å²) in [6.07, 6.45) is 3.84. The van der Waals surface area contributed by atoms with Gasteiger partial charge in [-0.05, 0) is 12.8 Å². The molecular weight excluding hydrogens is 216 g/mol. The first-order valence-corrected chi connectivity index (χ1v) is 6.19. The topological polar surface area (TPSA) is 47.1 Å². The molecule has 17 heavy (non-hydrogen) atoms. The van der Waals surface area contributed by atoms with Crippen LogP contribution in [0.2, 0.25) is 0 Å². The number of fused-ring (bicyclic) bond motifs is 2. The minimum atomic E-state index is 0.623. The predicted octanol–water partition coefficient (Wildman–Crippen LogP) is 2.60. The van der Waals surface area contributed by atoms with Crippen LogP contribution in [-0.4, -0.2) is 23.2 Å². The van der Waals surface area contributed by atoms with Gasteiger partial charge in [0.05, 0.1) is 11.0 Å². The zero-order chi connectivity index (χ0) is 11.2. The van der Waals surface area contributed by atoms with Crippen LogP contribution in [0.25, 0.3) is 11.0 Å². The molecule has 1 N–H and O–H groups in total. The van der Waals surface area contributed by atoms with Crippen molar-refractivity contribution in [3.05, 3.63) is 18.0 Å². The lowest BCUT2D eigenvalue weighted by atomic mass is 9.85. The summed E-state index contributed by atoms with van der Waals surface area (Å²) in [4.78, 5) is 8.05. The quantitative estimate of drug-likeness (QED) is 0.819. The van der Waals surface area contributed by atoms with Crippen molar-refractivity contribution >= 4 is 11.0 Å². The molecule has 4 rings (SSSR count). The summed E-state index contributed by atoms with van der Waals surface area (Å²) < 4.78 is 11.1. The molecule has 2 aromatic rings. The lowest BCUT2D eigenvalue weighted by Crippen LogP contribution is -2.15. The number of hydrogen-bond acceptors (Lipinski definition) is 3. The number of nitrogens with one attached hydrogen (secondary N) is 1. The maximum Gasteiger partial charge on any atom is 0.163 e. The Labute approximate surface area is 98.9 Å². The Morgan fingerprint density at radius 1 is 1.12 bits per heavy atom. The Hall–Kier alpha value is -1.71. The predicted molar refractivity (Wildman–Crippen MR) is 63.7 cm³/mol. The van der Waals surface area contributed by atoms with E-state index in [1.807, 2.05) is 12.1 Å². The average molecular weight is 230 g/mol. The van der Waals surface area contributed by atoms with Crippen molar-refractivity contribution < 1.29 is 9.47 Å². The lowest BCUT2D eigenvalue weighted by Gasteiger charge is -2.22. The van der Waals surface area contributed by atoms with Gasteiger partial charge in [-0.15, -0.1) is 0 Å². The number of nitrogens with zero attached hydrogens (tertiary/aromatic N) is 1. The molecule has 4 nitrogen and oxygen atoms in total. The molecule has 0 unspecified atom stereocenters. The summed E-state index contributed by atoms with van der Waals surface area (Å²) in [5.41, 5.74) is 2.03. The monoisotopic (exact) mass is 230 g/mol. The van der Waals surface area contributed by atoms with E-state index in [0.29, 0.717) is 19.1 Å². The van der Waals surface area contributed by atoms with E-state index in [1.54, 1.807) is 0 Å². The molecule has 2 aliphatic rings. The number of aromatic nitrogens is 2. The van der Waals surface area contributed by atoms with Crippen LogP contribution in [0, 0.1) is 0 Å². The van der Waals surface area contributed by atoms with Crippen molar-refractivity contribution in [1.82, 2.24) is 9.97 Å². The van der Waals surface area contributed by atoms with Gasteiger partial charge in [-0.1, -0.05) is 6.42 Å². The molecule has 1 aliphatic carbocycles. The van der Waals surface area contributed by atoms with Gasteiger partial charge in [-0.3, -0.25) is 0 Å². The molecular formula is C13H14N2O2. The van der Waals surface area contributed by atoms with Crippen LogP contribution in [0.4, 0.5) is 0 Å². The largest absolute Gasteiger partial charge is 0.486 e. The van der Waals surface area contributed by atoms with E-state index in [2.05, 4.69) is 9.97 Å². The molecule has 1 aliphatic heterocycles. The van der Waals surface area contributed by atoms with Gasteiger partial charge in [0.2, 0.25) is 0 Å². The van der Waals surface area contributed by atoms with E-state index in [1.165, 1.54) is 19.3 Å². The van der Waals surface area contributed by atoms with E-state index in [9.17, 15) is 0 Å². The van der Waals surface area contributed by atoms with Crippen LogP contribution in [0.5, 0.6) is 11.5 Å². The van der Waals surface area contributed by atoms with E-state index < -0.39 is 0 Å². The highest BCUT2D eigenvalue weighted by molar-refractivity contribution is 5.80. The van der Waals surface area contributed by atoms with Crippen molar-refractivity contribution in [3.63, 3.8) is 0 Å². The van der Waals surface area contributed by atoms with Gasteiger partial charge in [-0.25, -0.2) is 4.98 Å². The fourth-order valence-corrected chi connectivity index (χ4v) is 2.44. The lowest BCUT2D eigenvalue weighted by molar-refractivity contribution is 0.172. The molecule has 1 saturated carbocycles. The van der Waals surface area contributed by atoms with E-state index in [0.717, 1.165) is 28.4 Å². The second-order valence-corrected chi connectivity index (χ2v) is 4.76. The molecule has 2 heterocycles. The van der Waals surface area contributed by atoms with Crippen molar-refractivity contribution in [2.24, 2.45) is 0 Å². The number of ether oxygens (including phenoxy) is 2. The number of H-pyrrole nitrogens is 1. The van der Waals surface area contributed by atoms with Crippen LogP contribution >= 0.6 is 0 Å². The van der Waals surface area contributed by atoms with Crippen LogP contribution in [0.15, 0.2) is 12.1 Å². The molecule has 0 radical (unpaired) electrons. The van der Waals surface area contributed by atoms with E-state index in [-0.39, 0.29) is 0 Å². The van der Waals surface area contributed by atoms with Crippen LogP contribution in [0.3, 0.4) is 0 Å². The van der Waals surface area contributed by atoms with E-state index in [4.69, 9.17) is 9.47 Å². The second-order valence-electron chi connectivity index (χ2n) is 4.76. The van der Waals surface area contributed by atoms with Gasteiger partial charge in [0, 0.05) is 18.1 Å². The third kappa shape index (κ3) is 1.40. The smallest absolute Gasteiger partial charge is 0.163 e. The van der Waals surface area contributed by atoms with Crippen LogP contribution in [0.1, 0.15) is 31.0 Å². The highest BCUT2D eigenvalue weighted by Gasteiger charge is 2.23.